The molecule has 1 saturated heterocycles. The summed E-state index contributed by atoms with van der Waals surface area (Å²) < 4.78 is 5.61. The zero-order valence-electron chi connectivity index (χ0n) is 19.8. The van der Waals surface area contributed by atoms with E-state index < -0.39 is 27.0 Å². The molecule has 0 saturated carbocycles. The van der Waals surface area contributed by atoms with Crippen LogP contribution in [-0.2, 0) is 9.59 Å². The number of hydrogen-bond donors (Lipinski definition) is 1. The van der Waals surface area contributed by atoms with Gasteiger partial charge in [0.2, 0.25) is 5.91 Å². The Kier molecular flexibility index (Phi) is 7.29. The minimum Gasteiger partial charge on any atom is -0.431 e. The van der Waals surface area contributed by atoms with Crippen molar-refractivity contribution in [2.75, 3.05) is 5.75 Å². The van der Waals surface area contributed by atoms with Crippen molar-refractivity contribution in [1.29, 1.82) is 0 Å². The molecule has 0 aliphatic carbocycles. The van der Waals surface area contributed by atoms with Crippen LogP contribution < -0.4 is 5.43 Å². The van der Waals surface area contributed by atoms with Gasteiger partial charge in [-0.2, -0.15) is 0 Å². The number of rotatable bonds is 8. The summed E-state index contributed by atoms with van der Waals surface area (Å²) in [5.74, 6) is -1.21. The quantitative estimate of drug-likeness (QED) is 0.132. The predicted octanol–water partition coefficient (Wildman–Crippen LogP) is 5.08. The minimum atomic E-state index is -0.819. The molecule has 0 radical (unpaired) electrons. The SMILES string of the molecule is O=C(CSc1nc2ccccc2o1)NN1C(=O)/C(=C/c2cccc([N+](=O)[O-])c2)SC1c1cccc([N+](=O)[O-])c1. The Bertz CT molecular complexity index is 1620. The molecular formula is C25H17N5O7S2. The second kappa shape index (κ2) is 11.0. The molecule has 4 aromatic rings. The molecule has 1 aliphatic heterocycles. The number of oxazole rings is 1. The van der Waals surface area contributed by atoms with Gasteiger partial charge in [0.05, 0.1) is 20.5 Å². The molecule has 0 bridgehead atoms. The first-order valence-corrected chi connectivity index (χ1v) is 13.1. The molecular weight excluding hydrogens is 546 g/mol. The van der Waals surface area contributed by atoms with E-state index in [0.29, 0.717) is 22.2 Å². The third kappa shape index (κ3) is 5.76. The first kappa shape index (κ1) is 25.9. The maximum absolute atomic E-state index is 13.4. The summed E-state index contributed by atoms with van der Waals surface area (Å²) in [6, 6.07) is 18.7. The van der Waals surface area contributed by atoms with Crippen LogP contribution in [0.2, 0.25) is 0 Å². The van der Waals surface area contributed by atoms with E-state index in [-0.39, 0.29) is 27.3 Å². The maximum atomic E-state index is 13.4. The molecule has 1 unspecified atom stereocenters. The summed E-state index contributed by atoms with van der Waals surface area (Å²) in [5, 5.41) is 23.1. The molecule has 3 aromatic carbocycles. The smallest absolute Gasteiger partial charge is 0.280 e. The van der Waals surface area contributed by atoms with Gasteiger partial charge < -0.3 is 4.42 Å². The van der Waals surface area contributed by atoms with Crippen LogP contribution in [0.4, 0.5) is 11.4 Å². The number of fused-ring (bicyclic) bond motifs is 1. The highest BCUT2D eigenvalue weighted by Crippen LogP contribution is 2.45. The number of hydrazine groups is 1. The number of nitrogens with zero attached hydrogens (tertiary/aromatic N) is 4. The van der Waals surface area contributed by atoms with Crippen LogP contribution in [0.25, 0.3) is 17.2 Å². The van der Waals surface area contributed by atoms with Gasteiger partial charge in [0, 0.05) is 24.3 Å². The zero-order chi connectivity index (χ0) is 27.5. The number of non-ortho nitro benzene ring substituents is 2. The van der Waals surface area contributed by atoms with Crippen LogP contribution in [0.1, 0.15) is 16.5 Å². The molecule has 0 spiro atoms. The van der Waals surface area contributed by atoms with E-state index in [4.69, 9.17) is 4.42 Å². The van der Waals surface area contributed by atoms with Crippen molar-refractivity contribution < 1.29 is 23.9 Å². The Morgan fingerprint density at radius 2 is 1.77 bits per heavy atom. The van der Waals surface area contributed by atoms with Gasteiger partial charge in [-0.3, -0.25) is 35.2 Å². The summed E-state index contributed by atoms with van der Waals surface area (Å²) in [7, 11) is 0. The monoisotopic (exact) mass is 563 g/mol. The van der Waals surface area contributed by atoms with Crippen LogP contribution in [-0.4, -0.2) is 37.4 Å². The van der Waals surface area contributed by atoms with Gasteiger partial charge in [-0.15, -0.1) is 0 Å². The first-order valence-electron chi connectivity index (χ1n) is 11.3. The number of hydrogen-bond acceptors (Lipinski definition) is 10. The van der Waals surface area contributed by atoms with E-state index in [0.717, 1.165) is 28.5 Å². The Morgan fingerprint density at radius 1 is 1.05 bits per heavy atom. The van der Waals surface area contributed by atoms with Gasteiger partial charge in [-0.25, -0.2) is 9.99 Å². The highest BCUT2D eigenvalue weighted by atomic mass is 32.2. The number of nitro benzene ring substituents is 2. The van der Waals surface area contributed by atoms with Gasteiger partial charge in [0.25, 0.3) is 22.5 Å². The van der Waals surface area contributed by atoms with Crippen LogP contribution in [0.3, 0.4) is 0 Å². The highest BCUT2D eigenvalue weighted by molar-refractivity contribution is 8.04. The van der Waals surface area contributed by atoms with Crippen molar-refractivity contribution in [3.8, 4) is 0 Å². The Morgan fingerprint density at radius 3 is 2.51 bits per heavy atom. The lowest BCUT2D eigenvalue weighted by molar-refractivity contribution is -0.385. The molecule has 14 heteroatoms. The van der Waals surface area contributed by atoms with Crippen LogP contribution in [0.15, 0.2) is 87.3 Å². The van der Waals surface area contributed by atoms with E-state index in [9.17, 15) is 29.8 Å². The number of thioether (sulfide) groups is 2. The number of carbonyl (C=O) groups excluding carboxylic acids is 2. The normalized spacial score (nSPS) is 16.1. The Labute approximate surface area is 228 Å². The average Bonchev–Trinajstić information content (AvgIpc) is 3.48. The molecule has 5 rings (SSSR count). The van der Waals surface area contributed by atoms with E-state index in [1.54, 1.807) is 30.3 Å². The molecule has 39 heavy (non-hydrogen) atoms. The third-order valence-electron chi connectivity index (χ3n) is 5.49. The second-order valence-electron chi connectivity index (χ2n) is 8.13. The summed E-state index contributed by atoms with van der Waals surface area (Å²) in [5.41, 5.74) is 4.33. The van der Waals surface area contributed by atoms with Gasteiger partial charge in [-0.1, -0.05) is 59.9 Å². The van der Waals surface area contributed by atoms with Crippen LogP contribution in [0, 0.1) is 20.2 Å². The van der Waals surface area contributed by atoms with Gasteiger partial charge in [0.15, 0.2) is 5.58 Å². The van der Waals surface area contributed by atoms with E-state index in [2.05, 4.69) is 10.4 Å². The van der Waals surface area contributed by atoms with Crippen molar-refractivity contribution >= 4 is 63.9 Å². The fourth-order valence-corrected chi connectivity index (χ4v) is 5.56. The lowest BCUT2D eigenvalue weighted by Crippen LogP contribution is -2.45. The van der Waals surface area contributed by atoms with Crippen molar-refractivity contribution in [2.24, 2.45) is 0 Å². The van der Waals surface area contributed by atoms with Crippen molar-refractivity contribution in [1.82, 2.24) is 15.4 Å². The lowest BCUT2D eigenvalue weighted by Gasteiger charge is -2.23. The number of benzene rings is 3. The topological polar surface area (TPSA) is 162 Å². The molecule has 196 valence electrons. The molecule has 2 heterocycles. The summed E-state index contributed by atoms with van der Waals surface area (Å²) in [6.45, 7) is 0. The van der Waals surface area contributed by atoms with Crippen LogP contribution in [0.5, 0.6) is 0 Å². The number of aromatic nitrogens is 1. The summed E-state index contributed by atoms with van der Waals surface area (Å²) in [4.78, 5) is 52.1. The molecule has 1 atom stereocenters. The number of nitro groups is 2. The van der Waals surface area contributed by atoms with Gasteiger partial charge >= 0.3 is 0 Å². The lowest BCUT2D eigenvalue weighted by atomic mass is 10.2. The predicted molar refractivity (Wildman–Crippen MR) is 144 cm³/mol. The maximum Gasteiger partial charge on any atom is 0.280 e. The van der Waals surface area contributed by atoms with Gasteiger partial charge in [0.1, 0.15) is 10.9 Å². The fraction of sp³-hybridized carbons (Fsp3) is 0.0800. The number of nitrogens with one attached hydrogen (secondary N) is 1. The molecule has 2 amide bonds. The standard InChI is InChI=1S/C25H17N5O7S2/c31-22(14-38-25-26-19-9-1-2-10-20(19)37-25)27-28-23(32)21(12-15-5-3-7-17(11-15)29(33)34)39-24(28)16-6-4-8-18(13-16)30(35)36/h1-13,24H,14H2,(H,27,31)/b21-12-. The Hall–Kier alpha value is -4.69. The Balaban J connectivity index is 1.39. The summed E-state index contributed by atoms with van der Waals surface area (Å²) in [6.07, 6.45) is 1.48. The first-order chi connectivity index (χ1) is 18.8. The average molecular weight is 564 g/mol. The molecule has 1 aromatic heterocycles. The highest BCUT2D eigenvalue weighted by Gasteiger charge is 2.39. The largest absolute Gasteiger partial charge is 0.431 e. The fourth-order valence-electron chi connectivity index (χ4n) is 3.75. The minimum absolute atomic E-state index is 0.118. The third-order valence-corrected chi connectivity index (χ3v) is 7.57. The molecule has 12 nitrogen and oxygen atoms in total. The summed E-state index contributed by atoms with van der Waals surface area (Å²) >= 11 is 2.11. The van der Waals surface area contributed by atoms with E-state index >= 15 is 0 Å². The number of para-hydroxylation sites is 2. The van der Waals surface area contributed by atoms with Gasteiger partial charge in [-0.05, 0) is 29.3 Å². The molecule has 1 N–H and O–H groups in total. The van der Waals surface area contributed by atoms with Crippen LogP contribution >= 0.6 is 23.5 Å². The number of amides is 2. The molecule has 1 aliphatic rings. The van der Waals surface area contributed by atoms with Crippen molar-refractivity contribution in [3.63, 3.8) is 0 Å². The zero-order valence-corrected chi connectivity index (χ0v) is 21.4. The van der Waals surface area contributed by atoms with E-state index in [1.165, 1.54) is 42.5 Å². The molecule has 1 fully saturated rings. The van der Waals surface area contributed by atoms with E-state index in [1.807, 2.05) is 6.07 Å². The second-order valence-corrected chi connectivity index (χ2v) is 10.2. The van der Waals surface area contributed by atoms with Crippen molar-refractivity contribution in [2.45, 2.75) is 10.6 Å². The van der Waals surface area contributed by atoms with Crippen molar-refractivity contribution in [3.05, 3.63) is 109 Å². The number of carbonyl (C=O) groups is 2.